The van der Waals surface area contributed by atoms with E-state index in [-0.39, 0.29) is 24.7 Å². The zero-order valence-electron chi connectivity index (χ0n) is 15.1. The molecule has 6 heteroatoms. The second-order valence-corrected chi connectivity index (χ2v) is 8.46. The lowest BCUT2D eigenvalue weighted by Gasteiger charge is -2.39. The number of anilines is 1. The number of amides is 1. The number of benzene rings is 1. The number of nitrogens with two attached hydrogens (primary N) is 1. The molecule has 144 valence electrons. The lowest BCUT2D eigenvalue weighted by Crippen LogP contribution is -2.42. The number of halogens is 2. The van der Waals surface area contributed by atoms with E-state index in [0.717, 1.165) is 42.5 Å². The molecule has 1 unspecified atom stereocenters. The van der Waals surface area contributed by atoms with Crippen LogP contribution in [0.2, 0.25) is 0 Å². The summed E-state index contributed by atoms with van der Waals surface area (Å²) < 4.78 is 28.2. The average Bonchev–Trinajstić information content (AvgIpc) is 2.90. The quantitative estimate of drug-likeness (QED) is 0.525. The van der Waals surface area contributed by atoms with Gasteiger partial charge in [0.1, 0.15) is 0 Å². The molecule has 1 aromatic rings. The third-order valence-corrected chi connectivity index (χ3v) is 6.48. The van der Waals surface area contributed by atoms with Crippen molar-refractivity contribution < 1.29 is 13.6 Å². The number of hydrogen-bond donors (Lipinski definition) is 2. The highest BCUT2D eigenvalue weighted by Gasteiger charge is 2.46. The smallest absolute Gasteiger partial charge is 0.248 e. The molecule has 0 aliphatic heterocycles. The maximum Gasteiger partial charge on any atom is 0.248 e. The second-order valence-electron chi connectivity index (χ2n) is 7.76. The van der Waals surface area contributed by atoms with Gasteiger partial charge in [-0.3, -0.25) is 9.93 Å². The Hall–Kier alpha value is -1.14. The van der Waals surface area contributed by atoms with Crippen molar-refractivity contribution in [3.05, 3.63) is 24.3 Å². The minimum atomic E-state index is -2.74. The molecule has 3 N–H and O–H groups in total. The zero-order valence-corrected chi connectivity index (χ0v) is 15.9. The molecule has 1 amide bonds. The standard InChI is InChI=1S/C20H28F2N2OS/c21-20(22)11-10-17(14-6-3-1-2-4-7-14)18(13-20)19(25)24-15-8-5-9-16(12-15)26-23/h5,8-9,12,14,17-18H,1-4,6-7,10-11,13,23H2,(H,24,25)/t17?,18-/m1/s1. The van der Waals surface area contributed by atoms with E-state index in [4.69, 9.17) is 5.14 Å². The van der Waals surface area contributed by atoms with Crippen molar-refractivity contribution in [1.29, 1.82) is 0 Å². The predicted octanol–water partition coefficient (Wildman–Crippen LogP) is 5.61. The molecule has 2 saturated carbocycles. The molecule has 2 aliphatic carbocycles. The van der Waals surface area contributed by atoms with Gasteiger partial charge in [-0.15, -0.1) is 0 Å². The van der Waals surface area contributed by atoms with Gasteiger partial charge in [-0.1, -0.05) is 44.6 Å². The molecule has 0 spiro atoms. The summed E-state index contributed by atoms with van der Waals surface area (Å²) in [6.07, 6.45) is 6.93. The SMILES string of the molecule is NSc1cccc(NC(=O)[C@@H]2CC(F)(F)CCC2C2CCCCCC2)c1. The minimum absolute atomic E-state index is 0.0693. The summed E-state index contributed by atoms with van der Waals surface area (Å²) in [7, 11) is 0. The van der Waals surface area contributed by atoms with Gasteiger partial charge >= 0.3 is 0 Å². The van der Waals surface area contributed by atoms with E-state index in [2.05, 4.69) is 5.32 Å². The third-order valence-electron chi connectivity index (χ3n) is 5.96. The Balaban J connectivity index is 1.75. The lowest BCUT2D eigenvalue weighted by atomic mass is 9.68. The Kier molecular flexibility index (Phi) is 6.56. The van der Waals surface area contributed by atoms with Crippen LogP contribution in [0.25, 0.3) is 0 Å². The molecule has 2 atom stereocenters. The molecule has 3 nitrogen and oxygen atoms in total. The molecular weight excluding hydrogens is 354 g/mol. The fourth-order valence-electron chi connectivity index (χ4n) is 4.63. The summed E-state index contributed by atoms with van der Waals surface area (Å²) >= 11 is 1.10. The van der Waals surface area contributed by atoms with Crippen LogP contribution >= 0.6 is 11.9 Å². The molecule has 2 fully saturated rings. The molecule has 0 radical (unpaired) electrons. The Morgan fingerprint density at radius 3 is 2.58 bits per heavy atom. The summed E-state index contributed by atoms with van der Waals surface area (Å²) in [5.74, 6) is -3.15. The molecule has 0 saturated heterocycles. The Bertz CT molecular complexity index is 618. The number of rotatable bonds is 4. The van der Waals surface area contributed by atoms with Gasteiger partial charge < -0.3 is 5.32 Å². The van der Waals surface area contributed by atoms with Gasteiger partial charge in [-0.05, 0) is 48.4 Å². The normalized spacial score (nSPS) is 26.9. The van der Waals surface area contributed by atoms with E-state index in [9.17, 15) is 13.6 Å². The van der Waals surface area contributed by atoms with E-state index < -0.39 is 11.8 Å². The van der Waals surface area contributed by atoms with E-state index >= 15 is 0 Å². The van der Waals surface area contributed by atoms with Gasteiger partial charge in [0.15, 0.2) is 0 Å². The molecule has 0 aromatic heterocycles. The summed E-state index contributed by atoms with van der Waals surface area (Å²) in [5, 5.41) is 8.43. The molecule has 1 aromatic carbocycles. The highest BCUT2D eigenvalue weighted by atomic mass is 32.2. The third kappa shape index (κ3) is 4.97. The fourth-order valence-corrected chi connectivity index (χ4v) is 4.98. The average molecular weight is 383 g/mol. The number of carbonyl (C=O) groups excluding carboxylic acids is 1. The van der Waals surface area contributed by atoms with Crippen LogP contribution in [0.3, 0.4) is 0 Å². The van der Waals surface area contributed by atoms with E-state index in [1.54, 1.807) is 12.1 Å². The van der Waals surface area contributed by atoms with E-state index in [1.165, 1.54) is 12.8 Å². The van der Waals surface area contributed by atoms with Crippen molar-refractivity contribution in [3.8, 4) is 0 Å². The van der Waals surface area contributed by atoms with Gasteiger partial charge in [-0.2, -0.15) is 0 Å². The van der Waals surface area contributed by atoms with Gasteiger partial charge in [0.2, 0.25) is 11.8 Å². The van der Waals surface area contributed by atoms with Gasteiger partial charge in [-0.25, -0.2) is 8.78 Å². The maximum atomic E-state index is 14.1. The fraction of sp³-hybridized carbons (Fsp3) is 0.650. The molecule has 3 rings (SSSR count). The summed E-state index contributed by atoms with van der Waals surface area (Å²) in [4.78, 5) is 13.7. The van der Waals surface area contributed by atoms with Crippen molar-refractivity contribution in [2.24, 2.45) is 22.9 Å². The summed E-state index contributed by atoms with van der Waals surface area (Å²) in [6, 6.07) is 7.22. The Morgan fingerprint density at radius 1 is 1.15 bits per heavy atom. The number of hydrogen-bond acceptors (Lipinski definition) is 3. The van der Waals surface area contributed by atoms with Crippen molar-refractivity contribution in [2.45, 2.75) is 68.6 Å². The van der Waals surface area contributed by atoms with Crippen molar-refractivity contribution >= 4 is 23.5 Å². The molecule has 0 bridgehead atoms. The number of nitrogens with one attached hydrogen (secondary N) is 1. The van der Waals surface area contributed by atoms with Crippen LogP contribution in [0.1, 0.15) is 57.8 Å². The van der Waals surface area contributed by atoms with Crippen LogP contribution in [0, 0.1) is 17.8 Å². The first-order valence-corrected chi connectivity index (χ1v) is 10.5. The van der Waals surface area contributed by atoms with Crippen molar-refractivity contribution in [3.63, 3.8) is 0 Å². The van der Waals surface area contributed by atoms with Crippen LogP contribution in [0.15, 0.2) is 29.2 Å². The highest BCUT2D eigenvalue weighted by Crippen LogP contribution is 2.46. The van der Waals surface area contributed by atoms with E-state index in [1.807, 2.05) is 12.1 Å². The van der Waals surface area contributed by atoms with Crippen molar-refractivity contribution in [1.82, 2.24) is 0 Å². The van der Waals surface area contributed by atoms with Crippen LogP contribution in [-0.2, 0) is 4.79 Å². The van der Waals surface area contributed by atoms with E-state index in [0.29, 0.717) is 18.0 Å². The van der Waals surface area contributed by atoms with Gasteiger partial charge in [0.05, 0.1) is 0 Å². The predicted molar refractivity (Wildman–Crippen MR) is 102 cm³/mol. The van der Waals surface area contributed by atoms with Crippen LogP contribution in [0.4, 0.5) is 14.5 Å². The Morgan fingerprint density at radius 2 is 1.88 bits per heavy atom. The van der Waals surface area contributed by atoms with Crippen LogP contribution < -0.4 is 10.5 Å². The maximum absolute atomic E-state index is 14.1. The largest absolute Gasteiger partial charge is 0.326 e. The number of carbonyl (C=O) groups is 1. The monoisotopic (exact) mass is 382 g/mol. The molecule has 26 heavy (non-hydrogen) atoms. The minimum Gasteiger partial charge on any atom is -0.326 e. The first kappa shape index (κ1) is 19.6. The first-order valence-electron chi connectivity index (χ1n) is 9.64. The molecule has 0 heterocycles. The molecular formula is C20H28F2N2OS. The topological polar surface area (TPSA) is 55.1 Å². The first-order chi connectivity index (χ1) is 12.5. The second kappa shape index (κ2) is 8.70. The van der Waals surface area contributed by atoms with Crippen LogP contribution in [0.5, 0.6) is 0 Å². The molecule has 2 aliphatic rings. The van der Waals surface area contributed by atoms with Gasteiger partial charge in [0, 0.05) is 29.3 Å². The van der Waals surface area contributed by atoms with Gasteiger partial charge in [0.25, 0.3) is 0 Å². The van der Waals surface area contributed by atoms with Crippen LogP contribution in [-0.4, -0.2) is 11.8 Å². The summed E-state index contributed by atoms with van der Waals surface area (Å²) in [5.41, 5.74) is 0.624. The summed E-state index contributed by atoms with van der Waals surface area (Å²) in [6.45, 7) is 0. The Labute approximate surface area is 158 Å². The van der Waals surface area contributed by atoms with Crippen molar-refractivity contribution in [2.75, 3.05) is 5.32 Å². The lowest BCUT2D eigenvalue weighted by molar-refractivity contribution is -0.134. The highest BCUT2D eigenvalue weighted by molar-refractivity contribution is 7.97. The zero-order chi connectivity index (χ0) is 18.6. The number of alkyl halides is 2.